The molecule has 1 aliphatic carbocycles. The second kappa shape index (κ2) is 4.70. The Kier molecular flexibility index (Phi) is 3.47. The lowest BCUT2D eigenvalue weighted by atomic mass is 9.90. The van der Waals surface area contributed by atoms with Crippen LogP contribution in [0.5, 0.6) is 0 Å². The van der Waals surface area contributed by atoms with Gasteiger partial charge in [0.15, 0.2) is 0 Å². The lowest BCUT2D eigenvalue weighted by Crippen LogP contribution is -2.54. The molecule has 0 amide bonds. The normalized spacial score (nSPS) is 26.7. The van der Waals surface area contributed by atoms with Crippen LogP contribution < -0.4 is 5.19 Å². The van der Waals surface area contributed by atoms with Crippen molar-refractivity contribution < 1.29 is 9.59 Å². The molecule has 2 atom stereocenters. The topological polar surface area (TPSA) is 40.5 Å². The summed E-state index contributed by atoms with van der Waals surface area (Å²) in [6.45, 7) is 2.15. The smallest absolute Gasteiger partial charge is 0.370 e. The van der Waals surface area contributed by atoms with Gasteiger partial charge >= 0.3 is 8.56 Å². The van der Waals surface area contributed by atoms with E-state index in [-0.39, 0.29) is 5.54 Å². The molecule has 16 heavy (non-hydrogen) atoms. The minimum atomic E-state index is -3.24. The highest BCUT2D eigenvalue weighted by atomic mass is 28.4. The minimum Gasteiger partial charge on any atom is -0.407 e. The van der Waals surface area contributed by atoms with E-state index >= 15 is 0 Å². The van der Waals surface area contributed by atoms with Crippen molar-refractivity contribution in [3.63, 3.8) is 0 Å². The predicted molar refractivity (Wildman–Crippen MR) is 67.6 cm³/mol. The molecule has 1 saturated carbocycles. The maximum atomic E-state index is 10.5. The molecule has 3 heteroatoms. The van der Waals surface area contributed by atoms with E-state index in [1.807, 2.05) is 30.3 Å². The summed E-state index contributed by atoms with van der Waals surface area (Å²) in [4.78, 5) is 21.0. The van der Waals surface area contributed by atoms with Crippen LogP contribution >= 0.6 is 0 Å². The van der Waals surface area contributed by atoms with Gasteiger partial charge in [0.25, 0.3) is 0 Å². The summed E-state index contributed by atoms with van der Waals surface area (Å²) in [5, 5.41) is 0.758. The van der Waals surface area contributed by atoms with Gasteiger partial charge in [-0.2, -0.15) is 0 Å². The van der Waals surface area contributed by atoms with Crippen LogP contribution in [0.1, 0.15) is 32.6 Å². The highest BCUT2D eigenvalue weighted by Crippen LogP contribution is 2.38. The van der Waals surface area contributed by atoms with Gasteiger partial charge < -0.3 is 9.59 Å². The van der Waals surface area contributed by atoms with Crippen LogP contribution in [0.15, 0.2) is 30.3 Å². The Morgan fingerprint density at radius 3 is 2.31 bits per heavy atom. The summed E-state index contributed by atoms with van der Waals surface area (Å²) in [5.74, 6) is 0.440. The van der Waals surface area contributed by atoms with Gasteiger partial charge in [0.05, 0.1) is 0 Å². The molecule has 0 aliphatic heterocycles. The second-order valence-electron chi connectivity index (χ2n) is 4.96. The van der Waals surface area contributed by atoms with Crippen molar-refractivity contribution in [1.82, 2.24) is 0 Å². The standard InChI is InChI=1S/C13H20O2Si/c1-11-7-5-6-10-13(11)16(14,15)12-8-3-2-4-9-12/h2-4,8-9,11,13-15H,5-7,10H2,1H3. The van der Waals surface area contributed by atoms with Crippen LogP contribution in [0, 0.1) is 5.92 Å². The molecule has 0 heterocycles. The first-order chi connectivity index (χ1) is 7.62. The largest absolute Gasteiger partial charge is 0.407 e. The van der Waals surface area contributed by atoms with E-state index in [1.165, 1.54) is 6.42 Å². The third-order valence-electron chi connectivity index (χ3n) is 3.83. The van der Waals surface area contributed by atoms with Gasteiger partial charge in [-0.1, -0.05) is 56.5 Å². The molecular formula is C13H20O2Si. The average molecular weight is 236 g/mol. The van der Waals surface area contributed by atoms with Crippen molar-refractivity contribution in [2.45, 2.75) is 38.1 Å². The van der Waals surface area contributed by atoms with Crippen molar-refractivity contribution in [3.8, 4) is 0 Å². The molecule has 1 aliphatic rings. The van der Waals surface area contributed by atoms with Gasteiger partial charge in [-0.3, -0.25) is 0 Å². The van der Waals surface area contributed by atoms with Crippen molar-refractivity contribution >= 4 is 13.7 Å². The summed E-state index contributed by atoms with van der Waals surface area (Å²) >= 11 is 0. The van der Waals surface area contributed by atoms with E-state index in [9.17, 15) is 9.59 Å². The van der Waals surface area contributed by atoms with Gasteiger partial charge in [-0.15, -0.1) is 0 Å². The Bertz CT molecular complexity index is 337. The van der Waals surface area contributed by atoms with E-state index in [2.05, 4.69) is 6.92 Å². The number of hydrogen-bond donors (Lipinski definition) is 2. The van der Waals surface area contributed by atoms with E-state index < -0.39 is 8.56 Å². The van der Waals surface area contributed by atoms with Crippen LogP contribution in [-0.2, 0) is 0 Å². The Balaban J connectivity index is 2.23. The van der Waals surface area contributed by atoms with E-state index in [4.69, 9.17) is 0 Å². The highest BCUT2D eigenvalue weighted by Gasteiger charge is 2.44. The van der Waals surface area contributed by atoms with Crippen LogP contribution in [-0.4, -0.2) is 18.2 Å². The van der Waals surface area contributed by atoms with Crippen molar-refractivity contribution in [1.29, 1.82) is 0 Å². The highest BCUT2D eigenvalue weighted by molar-refractivity contribution is 6.80. The summed E-state index contributed by atoms with van der Waals surface area (Å²) < 4.78 is 0. The van der Waals surface area contributed by atoms with E-state index in [0.29, 0.717) is 5.92 Å². The van der Waals surface area contributed by atoms with Gasteiger partial charge in [0.2, 0.25) is 0 Å². The molecule has 0 bridgehead atoms. The van der Waals surface area contributed by atoms with E-state index in [1.54, 1.807) is 0 Å². The quantitative estimate of drug-likeness (QED) is 0.770. The first-order valence-electron chi connectivity index (χ1n) is 6.12. The molecule has 2 unspecified atom stereocenters. The van der Waals surface area contributed by atoms with Crippen molar-refractivity contribution in [2.24, 2.45) is 5.92 Å². The molecule has 1 aromatic rings. The predicted octanol–water partition coefficient (Wildman–Crippen LogP) is 1.90. The van der Waals surface area contributed by atoms with Crippen molar-refractivity contribution in [2.75, 3.05) is 0 Å². The maximum Gasteiger partial charge on any atom is 0.370 e. The zero-order valence-electron chi connectivity index (χ0n) is 9.76. The summed E-state index contributed by atoms with van der Waals surface area (Å²) in [5.41, 5.74) is 0.101. The first kappa shape index (κ1) is 11.8. The zero-order chi connectivity index (χ0) is 11.6. The molecule has 0 spiro atoms. The summed E-state index contributed by atoms with van der Waals surface area (Å²) in [7, 11) is -3.24. The Labute approximate surface area is 98.2 Å². The van der Waals surface area contributed by atoms with Gasteiger partial charge in [0.1, 0.15) is 0 Å². The van der Waals surface area contributed by atoms with E-state index in [0.717, 1.165) is 24.4 Å². The summed E-state index contributed by atoms with van der Waals surface area (Å²) in [6.07, 6.45) is 4.47. The van der Waals surface area contributed by atoms with Gasteiger partial charge in [0, 0.05) is 5.54 Å². The minimum absolute atomic E-state index is 0.101. The molecule has 2 nitrogen and oxygen atoms in total. The Morgan fingerprint density at radius 2 is 1.69 bits per heavy atom. The molecule has 0 saturated heterocycles. The lowest BCUT2D eigenvalue weighted by Gasteiger charge is -2.36. The molecule has 1 fully saturated rings. The summed E-state index contributed by atoms with van der Waals surface area (Å²) in [6, 6.07) is 9.40. The van der Waals surface area contributed by atoms with Crippen LogP contribution in [0.4, 0.5) is 0 Å². The van der Waals surface area contributed by atoms with Crippen LogP contribution in [0.25, 0.3) is 0 Å². The third kappa shape index (κ3) is 2.21. The molecule has 1 aromatic carbocycles. The monoisotopic (exact) mass is 236 g/mol. The Morgan fingerprint density at radius 1 is 1.06 bits per heavy atom. The fourth-order valence-corrected chi connectivity index (χ4v) is 5.49. The lowest BCUT2D eigenvalue weighted by molar-refractivity contribution is 0.285. The SMILES string of the molecule is CC1CCCCC1[Si](O)(O)c1ccccc1. The molecule has 0 radical (unpaired) electrons. The Hall–Kier alpha value is -0.643. The molecule has 0 aromatic heterocycles. The fraction of sp³-hybridized carbons (Fsp3) is 0.538. The second-order valence-corrected chi connectivity index (χ2v) is 7.73. The number of benzene rings is 1. The maximum absolute atomic E-state index is 10.5. The fourth-order valence-electron chi connectivity index (χ4n) is 2.81. The van der Waals surface area contributed by atoms with Gasteiger partial charge in [-0.05, 0) is 17.5 Å². The molecule has 88 valence electrons. The number of hydrogen-bond acceptors (Lipinski definition) is 2. The first-order valence-corrected chi connectivity index (χ1v) is 8.10. The molecule has 2 N–H and O–H groups in total. The third-order valence-corrected chi connectivity index (χ3v) is 6.90. The zero-order valence-corrected chi connectivity index (χ0v) is 10.8. The average Bonchev–Trinajstić information content (AvgIpc) is 2.30. The van der Waals surface area contributed by atoms with Crippen LogP contribution in [0.2, 0.25) is 5.54 Å². The molecular weight excluding hydrogens is 216 g/mol. The van der Waals surface area contributed by atoms with Crippen LogP contribution in [0.3, 0.4) is 0 Å². The number of rotatable bonds is 2. The van der Waals surface area contributed by atoms with Gasteiger partial charge in [-0.25, -0.2) is 0 Å². The molecule has 2 rings (SSSR count). The van der Waals surface area contributed by atoms with Crippen molar-refractivity contribution in [3.05, 3.63) is 30.3 Å².